The van der Waals surface area contributed by atoms with Crippen LogP contribution in [0.4, 0.5) is 0 Å². The molecule has 1 aromatic heterocycles. The van der Waals surface area contributed by atoms with E-state index in [2.05, 4.69) is 41.4 Å². The summed E-state index contributed by atoms with van der Waals surface area (Å²) < 4.78 is 25.8. The van der Waals surface area contributed by atoms with Crippen molar-refractivity contribution in [2.24, 2.45) is 5.92 Å². The molecule has 6 nitrogen and oxygen atoms in total. The molecule has 1 atom stereocenters. The molecule has 0 spiro atoms. The second-order valence-corrected chi connectivity index (χ2v) is 11.8. The molecule has 0 radical (unpaired) electrons. The van der Waals surface area contributed by atoms with Crippen molar-refractivity contribution in [2.45, 2.75) is 25.7 Å². The second kappa shape index (κ2) is 9.02. The fourth-order valence-electron chi connectivity index (χ4n) is 5.59. The predicted molar refractivity (Wildman–Crippen MR) is 134 cm³/mol. The minimum atomic E-state index is -3.17. The van der Waals surface area contributed by atoms with Crippen LogP contribution in [-0.2, 0) is 10.0 Å². The van der Waals surface area contributed by atoms with E-state index in [1.54, 1.807) is 4.31 Å². The molecule has 1 unspecified atom stereocenters. The highest BCUT2D eigenvalue weighted by atomic mass is 35.5. The summed E-state index contributed by atoms with van der Waals surface area (Å²) in [5, 5.41) is 4.18. The van der Waals surface area contributed by atoms with E-state index >= 15 is 0 Å². The highest BCUT2D eigenvalue weighted by Gasteiger charge is 2.37. The Morgan fingerprint density at radius 1 is 1.09 bits per heavy atom. The lowest BCUT2D eigenvalue weighted by Crippen LogP contribution is -2.42. The molecule has 0 amide bonds. The lowest BCUT2D eigenvalue weighted by Gasteiger charge is -2.36. The number of piperidine rings is 1. The van der Waals surface area contributed by atoms with Gasteiger partial charge in [0.15, 0.2) is 0 Å². The first-order valence-corrected chi connectivity index (χ1v) is 13.9. The molecule has 0 bridgehead atoms. The fourth-order valence-corrected chi connectivity index (χ4v) is 6.64. The largest absolute Gasteiger partial charge is 0.368 e. The topological polar surface area (TPSA) is 65.5 Å². The van der Waals surface area contributed by atoms with E-state index in [4.69, 9.17) is 16.6 Å². The van der Waals surface area contributed by atoms with Gasteiger partial charge in [-0.1, -0.05) is 17.7 Å². The number of benzene rings is 1. The molecule has 1 aliphatic carbocycles. The first-order chi connectivity index (χ1) is 15.8. The lowest BCUT2D eigenvalue weighted by atomic mass is 9.76. The Morgan fingerprint density at radius 3 is 2.52 bits per heavy atom. The Kier molecular flexibility index (Phi) is 6.25. The molecular formula is C25H31ClN4O2S. The Hall–Kier alpha value is -1.93. The second-order valence-electron chi connectivity index (χ2n) is 9.40. The van der Waals surface area contributed by atoms with Crippen LogP contribution in [0.15, 0.2) is 30.5 Å². The van der Waals surface area contributed by atoms with Gasteiger partial charge in [-0.15, -0.1) is 0 Å². The summed E-state index contributed by atoms with van der Waals surface area (Å²) in [7, 11) is -3.17. The fraction of sp³-hybridized carbons (Fsp3) is 0.480. The molecule has 0 saturated carbocycles. The van der Waals surface area contributed by atoms with Crippen molar-refractivity contribution in [2.75, 3.05) is 45.5 Å². The lowest BCUT2D eigenvalue weighted by molar-refractivity contribution is 0.256. The zero-order valence-corrected chi connectivity index (χ0v) is 20.8. The van der Waals surface area contributed by atoms with Crippen molar-refractivity contribution >= 4 is 33.4 Å². The third kappa shape index (κ3) is 4.44. The maximum Gasteiger partial charge on any atom is 0.211 e. The summed E-state index contributed by atoms with van der Waals surface area (Å²) in [5.74, 6) is 0.414. The van der Waals surface area contributed by atoms with Gasteiger partial charge >= 0.3 is 0 Å². The van der Waals surface area contributed by atoms with Gasteiger partial charge in [-0.2, -0.15) is 0 Å². The molecule has 33 heavy (non-hydrogen) atoms. The van der Waals surface area contributed by atoms with Gasteiger partial charge in [-0.05, 0) is 61.1 Å². The van der Waals surface area contributed by atoms with Gasteiger partial charge in [-0.3, -0.25) is 4.98 Å². The van der Waals surface area contributed by atoms with Gasteiger partial charge in [0.2, 0.25) is 10.0 Å². The van der Waals surface area contributed by atoms with Gasteiger partial charge in [-0.25, -0.2) is 12.7 Å². The molecule has 2 aromatic rings. The Morgan fingerprint density at radius 2 is 1.82 bits per heavy atom. The summed E-state index contributed by atoms with van der Waals surface area (Å²) in [6, 6.07) is 8.33. The number of rotatable bonds is 3. The number of hydrogen-bond donors (Lipinski definition) is 1. The standard InChI is InChI=1S/C25H31ClN4O2S/c1-17-5-8-28-25-21(17)16-23(29-13-9-27-10-14-29)22-15-19(26)3-4-20(22)24(25)18-6-11-30(12-7-18)33(2,31)32/h3-5,8,15-16,18,24,27H,6-7,9-14H2,1-2H3. The van der Waals surface area contributed by atoms with Gasteiger partial charge < -0.3 is 10.2 Å². The molecule has 3 aliphatic rings. The van der Waals surface area contributed by atoms with Crippen LogP contribution in [-0.4, -0.2) is 68.1 Å². The van der Waals surface area contributed by atoms with E-state index in [9.17, 15) is 8.42 Å². The van der Waals surface area contributed by atoms with Crippen molar-refractivity contribution in [3.05, 3.63) is 63.4 Å². The average molecular weight is 487 g/mol. The Bertz CT molecular complexity index is 1180. The molecule has 2 saturated heterocycles. The van der Waals surface area contributed by atoms with E-state index in [-0.39, 0.29) is 5.92 Å². The molecule has 1 aromatic carbocycles. The number of nitrogens with zero attached hydrogens (tertiary/aromatic N) is 3. The summed E-state index contributed by atoms with van der Waals surface area (Å²) in [6.45, 7) is 7.08. The maximum atomic E-state index is 12.1. The summed E-state index contributed by atoms with van der Waals surface area (Å²) in [4.78, 5) is 7.38. The van der Waals surface area contributed by atoms with E-state index in [1.165, 1.54) is 34.2 Å². The molecule has 3 heterocycles. The summed E-state index contributed by atoms with van der Waals surface area (Å²) in [5.41, 5.74) is 7.14. The van der Waals surface area contributed by atoms with Crippen LogP contribution >= 0.6 is 11.6 Å². The third-order valence-corrected chi connectivity index (χ3v) is 8.88. The summed E-state index contributed by atoms with van der Waals surface area (Å²) in [6.07, 6.45) is 7.16. The molecule has 176 valence electrons. The number of aromatic nitrogens is 1. The zero-order chi connectivity index (χ0) is 23.2. The highest BCUT2D eigenvalue weighted by molar-refractivity contribution is 7.88. The van der Waals surface area contributed by atoms with Crippen LogP contribution in [0.3, 0.4) is 0 Å². The van der Waals surface area contributed by atoms with Gasteiger partial charge in [0.1, 0.15) is 0 Å². The van der Waals surface area contributed by atoms with Crippen LogP contribution in [0.25, 0.3) is 11.8 Å². The van der Waals surface area contributed by atoms with Crippen molar-refractivity contribution in [3.8, 4) is 0 Å². The number of nitrogens with one attached hydrogen (secondary N) is 1. The van der Waals surface area contributed by atoms with E-state index in [0.717, 1.165) is 49.7 Å². The third-order valence-electron chi connectivity index (χ3n) is 7.34. The van der Waals surface area contributed by atoms with Crippen molar-refractivity contribution in [1.29, 1.82) is 0 Å². The van der Waals surface area contributed by atoms with Crippen molar-refractivity contribution in [1.82, 2.24) is 19.5 Å². The van der Waals surface area contributed by atoms with Crippen LogP contribution in [0.2, 0.25) is 5.02 Å². The number of piperazine rings is 1. The number of sulfonamides is 1. The smallest absolute Gasteiger partial charge is 0.211 e. The number of fused-ring (bicyclic) bond motifs is 2. The quantitative estimate of drug-likeness (QED) is 0.718. The number of hydrogen-bond acceptors (Lipinski definition) is 5. The van der Waals surface area contributed by atoms with Gasteiger partial charge in [0, 0.05) is 73.2 Å². The SMILES string of the molecule is Cc1ccnc2c1C=C(N1CCNCC1)c1cc(Cl)ccc1C2C1CCN(S(C)(=O)=O)CC1. The zero-order valence-electron chi connectivity index (χ0n) is 19.2. The number of aryl methyl sites for hydroxylation is 1. The molecular weight excluding hydrogens is 456 g/mol. The Balaban J connectivity index is 1.64. The van der Waals surface area contributed by atoms with Gasteiger partial charge in [0.05, 0.1) is 11.9 Å². The molecule has 2 fully saturated rings. The van der Waals surface area contributed by atoms with Crippen LogP contribution < -0.4 is 5.32 Å². The monoisotopic (exact) mass is 486 g/mol. The van der Waals surface area contributed by atoms with Crippen LogP contribution in [0.5, 0.6) is 0 Å². The van der Waals surface area contributed by atoms with Gasteiger partial charge in [0.25, 0.3) is 0 Å². The Labute approximate surface area is 201 Å². The number of pyridine rings is 1. The van der Waals surface area contributed by atoms with Crippen LogP contribution in [0, 0.1) is 12.8 Å². The normalized spacial score (nSPS) is 22.3. The number of halogens is 1. The van der Waals surface area contributed by atoms with Crippen LogP contribution in [0.1, 0.15) is 46.7 Å². The maximum absolute atomic E-state index is 12.1. The first-order valence-electron chi connectivity index (χ1n) is 11.7. The average Bonchev–Trinajstić information content (AvgIpc) is 2.94. The predicted octanol–water partition coefficient (Wildman–Crippen LogP) is 3.56. The minimum absolute atomic E-state index is 0.102. The molecule has 1 N–H and O–H groups in total. The minimum Gasteiger partial charge on any atom is -0.368 e. The van der Waals surface area contributed by atoms with E-state index < -0.39 is 10.0 Å². The molecule has 2 aliphatic heterocycles. The molecule has 8 heteroatoms. The summed E-state index contributed by atoms with van der Waals surface area (Å²) >= 11 is 6.53. The first kappa shape index (κ1) is 22.8. The highest BCUT2D eigenvalue weighted by Crippen LogP contribution is 2.46. The van der Waals surface area contributed by atoms with E-state index in [1.807, 2.05) is 12.3 Å². The van der Waals surface area contributed by atoms with Crippen molar-refractivity contribution < 1.29 is 8.42 Å². The van der Waals surface area contributed by atoms with Crippen molar-refractivity contribution in [3.63, 3.8) is 0 Å². The molecule has 5 rings (SSSR count). The van der Waals surface area contributed by atoms with E-state index in [0.29, 0.717) is 19.0 Å².